The number of ketones is 3. The van der Waals surface area contributed by atoms with Crippen LogP contribution in [-0.2, 0) is 30.3 Å². The Morgan fingerprint density at radius 3 is 2.36 bits per heavy atom. The van der Waals surface area contributed by atoms with Gasteiger partial charge in [0.25, 0.3) is 0 Å². The number of fused-ring (bicyclic) bond motifs is 3. The molecule has 1 unspecified atom stereocenters. The fraction of sp³-hybridized carbons (Fsp3) is 0.541. The number of amides is 1. The van der Waals surface area contributed by atoms with Gasteiger partial charge in [0.15, 0.2) is 26.2 Å². The summed E-state index contributed by atoms with van der Waals surface area (Å²) in [5, 5.41) is 57.3. The van der Waals surface area contributed by atoms with Crippen LogP contribution in [0, 0.1) is 11.8 Å². The number of aliphatic carboxylic acids is 1. The fourth-order valence-electron chi connectivity index (χ4n) is 7.58. The van der Waals surface area contributed by atoms with E-state index in [0.29, 0.717) is 18.9 Å². The number of rotatable bonds is 13. The van der Waals surface area contributed by atoms with Gasteiger partial charge in [-0.1, -0.05) is 31.9 Å². The van der Waals surface area contributed by atoms with Gasteiger partial charge in [-0.05, 0) is 38.5 Å². The van der Waals surface area contributed by atoms with Gasteiger partial charge in [-0.25, -0.2) is 0 Å². The number of aromatic hydroxyl groups is 2. The van der Waals surface area contributed by atoms with Gasteiger partial charge in [-0.3, -0.25) is 24.0 Å². The predicted octanol–water partition coefficient (Wildman–Crippen LogP) is 2.50. The molecule has 5 rings (SSSR count). The van der Waals surface area contributed by atoms with Crippen LogP contribution in [-0.4, -0.2) is 106 Å². The highest BCUT2D eigenvalue weighted by Crippen LogP contribution is 2.52. The molecule has 2 aliphatic carbocycles. The van der Waals surface area contributed by atoms with E-state index in [-0.39, 0.29) is 46.8 Å². The molecule has 15 nitrogen and oxygen atoms in total. The smallest absolute Gasteiger partial charge is 0.316 e. The van der Waals surface area contributed by atoms with Gasteiger partial charge in [0.05, 0.1) is 36.0 Å². The lowest BCUT2D eigenvalue weighted by Gasteiger charge is -2.43. The summed E-state index contributed by atoms with van der Waals surface area (Å²) in [6, 6.07) is 4.21. The normalized spacial score (nSPS) is 25.8. The zero-order valence-electron chi connectivity index (χ0n) is 30.3. The van der Waals surface area contributed by atoms with Crippen LogP contribution in [0.3, 0.4) is 0 Å². The Hall–Kier alpha value is -4.19. The summed E-state index contributed by atoms with van der Waals surface area (Å²) in [5.74, 6) is -7.72. The van der Waals surface area contributed by atoms with Crippen molar-refractivity contribution < 1.29 is 68.5 Å². The third kappa shape index (κ3) is 7.74. The molecular formula is C37H47NO14Si. The summed E-state index contributed by atoms with van der Waals surface area (Å²) in [4.78, 5) is 76.1. The third-order valence-electron chi connectivity index (χ3n) is 10.7. The topological polar surface area (TPSA) is 246 Å². The van der Waals surface area contributed by atoms with Gasteiger partial charge in [-0.2, -0.15) is 0 Å². The van der Waals surface area contributed by atoms with Crippen LogP contribution in [0.5, 0.6) is 17.2 Å². The number of carboxylic acids is 1. The van der Waals surface area contributed by atoms with Crippen LogP contribution in [0.1, 0.15) is 95.0 Å². The van der Waals surface area contributed by atoms with Crippen LogP contribution < -0.4 is 10.1 Å². The molecule has 1 saturated heterocycles. The van der Waals surface area contributed by atoms with E-state index >= 15 is 0 Å². The van der Waals surface area contributed by atoms with Gasteiger partial charge in [0.2, 0.25) is 11.7 Å². The number of phenols is 2. The summed E-state index contributed by atoms with van der Waals surface area (Å²) >= 11 is 0. The van der Waals surface area contributed by atoms with E-state index in [0.717, 1.165) is 0 Å². The van der Waals surface area contributed by atoms with E-state index in [9.17, 15) is 54.3 Å². The molecule has 1 amide bonds. The van der Waals surface area contributed by atoms with E-state index in [4.69, 9.17) is 14.2 Å². The maximum absolute atomic E-state index is 13.9. The Morgan fingerprint density at radius 2 is 1.74 bits per heavy atom. The van der Waals surface area contributed by atoms with Crippen molar-refractivity contribution in [1.82, 2.24) is 5.32 Å². The minimum atomic E-state index is -2.34. The number of unbranched alkanes of at least 4 members (excludes halogenated alkanes) is 1. The zero-order valence-corrected chi connectivity index (χ0v) is 31.3. The van der Waals surface area contributed by atoms with Crippen molar-refractivity contribution in [3.05, 3.63) is 51.6 Å². The summed E-state index contributed by atoms with van der Waals surface area (Å²) in [6.45, 7) is 6.01. The number of benzene rings is 2. The first-order valence-corrected chi connectivity index (χ1v) is 20.8. The van der Waals surface area contributed by atoms with Gasteiger partial charge in [-0.15, -0.1) is 0 Å². The van der Waals surface area contributed by atoms with Gasteiger partial charge in [0.1, 0.15) is 35.4 Å². The number of ether oxygens (including phenoxy) is 3. The Balaban J connectivity index is 1.47. The molecule has 7 N–H and O–H groups in total. The lowest BCUT2D eigenvalue weighted by molar-refractivity contribution is -0.238. The zero-order chi connectivity index (χ0) is 39.2. The third-order valence-corrected chi connectivity index (χ3v) is 12.3. The van der Waals surface area contributed by atoms with Crippen LogP contribution in [0.2, 0.25) is 19.1 Å². The first-order chi connectivity index (χ1) is 24.8. The molecule has 0 spiro atoms. The highest BCUT2D eigenvalue weighted by Gasteiger charge is 2.50. The van der Waals surface area contributed by atoms with Crippen LogP contribution in [0.25, 0.3) is 0 Å². The lowest BCUT2D eigenvalue weighted by atomic mass is 9.72. The molecule has 1 aliphatic heterocycles. The van der Waals surface area contributed by atoms with Crippen molar-refractivity contribution in [3.63, 3.8) is 0 Å². The number of nitrogens with one attached hydrogen (secondary N) is 1. The van der Waals surface area contributed by atoms with Crippen molar-refractivity contribution in [2.75, 3.05) is 13.7 Å². The first-order valence-electron chi connectivity index (χ1n) is 17.6. The number of hydrogen-bond acceptors (Lipinski definition) is 13. The Labute approximate surface area is 307 Å². The van der Waals surface area contributed by atoms with E-state index in [1.165, 1.54) is 25.3 Å². The van der Waals surface area contributed by atoms with E-state index in [2.05, 4.69) is 5.32 Å². The number of aliphatic hydroxyl groups is 2. The maximum atomic E-state index is 13.9. The van der Waals surface area contributed by atoms with E-state index in [1.54, 1.807) is 26.9 Å². The molecule has 53 heavy (non-hydrogen) atoms. The molecule has 0 radical (unpaired) electrons. The predicted molar refractivity (Wildman–Crippen MR) is 188 cm³/mol. The fourth-order valence-corrected chi connectivity index (χ4v) is 8.69. The minimum absolute atomic E-state index is 0.0359. The standard InChI is InChI=1S/C37H47NO14Si/c1-17-18(2)51-26(13-22(17)38-35(45)20(36(46)47)9-6-7-12-53(4,5)49)52-24-15-37(48,25(40)16-39)14-21-28(24)34(44)30-29(32(21)42)31(41)19-10-8-11-23(50-3)27(19)33(30)43/h8,10-11,17-18,20,22,24,26,39,42,44,48-49H,6-7,9,12-16H2,1-5H3,(H,38,45)(H,46,47)/t17-,18+,20?,22+,24+,26+,37+/m1/s1. The van der Waals surface area contributed by atoms with Crippen LogP contribution >= 0.6 is 0 Å². The number of aliphatic hydroxyl groups excluding tert-OH is 1. The van der Waals surface area contributed by atoms with E-state index < -0.39 is 116 Å². The molecule has 0 aromatic heterocycles. The van der Waals surface area contributed by atoms with Crippen LogP contribution in [0.15, 0.2) is 18.2 Å². The van der Waals surface area contributed by atoms with Crippen LogP contribution in [0.4, 0.5) is 0 Å². The molecule has 0 bridgehead atoms. The molecule has 288 valence electrons. The second-order valence-electron chi connectivity index (χ2n) is 14.9. The summed E-state index contributed by atoms with van der Waals surface area (Å²) in [6.07, 6.45) is -3.37. The Kier molecular flexibility index (Phi) is 11.5. The second kappa shape index (κ2) is 15.3. The number of carbonyl (C=O) groups excluding carboxylic acids is 4. The highest BCUT2D eigenvalue weighted by atomic mass is 28.4. The van der Waals surface area contributed by atoms with Crippen molar-refractivity contribution in [2.45, 2.75) is 102 Å². The molecule has 2 aromatic carbocycles. The van der Waals surface area contributed by atoms with Crippen molar-refractivity contribution in [2.24, 2.45) is 11.8 Å². The molecule has 2 aromatic rings. The molecule has 7 atom stereocenters. The van der Waals surface area contributed by atoms with Crippen molar-refractivity contribution in [3.8, 4) is 17.2 Å². The molecule has 3 aliphatic rings. The van der Waals surface area contributed by atoms with Gasteiger partial charge in [0, 0.05) is 47.9 Å². The molecular weight excluding hydrogens is 710 g/mol. The Bertz CT molecular complexity index is 1820. The number of hydrogen-bond donors (Lipinski definition) is 7. The largest absolute Gasteiger partial charge is 0.507 e. The summed E-state index contributed by atoms with van der Waals surface area (Å²) in [7, 11) is -1.02. The van der Waals surface area contributed by atoms with Gasteiger partial charge < -0.3 is 49.9 Å². The minimum Gasteiger partial charge on any atom is -0.507 e. The maximum Gasteiger partial charge on any atom is 0.316 e. The number of carboxylic acid groups (broad SMARTS) is 1. The lowest BCUT2D eigenvalue weighted by Crippen LogP contribution is -2.53. The van der Waals surface area contributed by atoms with Crippen molar-refractivity contribution >= 4 is 37.5 Å². The average Bonchev–Trinajstić information content (AvgIpc) is 3.09. The number of carbonyl (C=O) groups is 5. The number of phenolic OH excluding ortho intramolecular Hbond substituents is 2. The van der Waals surface area contributed by atoms with Crippen molar-refractivity contribution in [1.29, 1.82) is 0 Å². The summed E-state index contributed by atoms with van der Waals surface area (Å²) < 4.78 is 17.7. The molecule has 16 heteroatoms. The van der Waals surface area contributed by atoms with E-state index in [1.807, 2.05) is 0 Å². The molecule has 1 fully saturated rings. The molecule has 0 saturated carbocycles. The second-order valence-corrected chi connectivity index (χ2v) is 19.1. The Morgan fingerprint density at radius 1 is 1.06 bits per heavy atom. The SMILES string of the molecule is COc1cccc2c1C(=O)c1c(O)c3c(c(O)c1C2=O)C[C@@](O)(C(=O)CO)C[C@@H]3O[C@H]1C[C@H](NC(=O)C(CCCC[Si](C)(C)O)C(=O)O)[C@H](C)[C@H](C)O1. The number of Topliss-reactive ketones (excluding diaryl/α,β-unsaturated/α-hetero) is 1. The van der Waals surface area contributed by atoms with Gasteiger partial charge >= 0.3 is 5.97 Å². The molecule has 1 heterocycles. The monoisotopic (exact) mass is 757 g/mol. The average molecular weight is 758 g/mol. The number of methoxy groups -OCH3 is 1. The summed E-state index contributed by atoms with van der Waals surface area (Å²) in [5.41, 5.74) is -4.01. The quantitative estimate of drug-likeness (QED) is 0.0573. The highest BCUT2D eigenvalue weighted by molar-refractivity contribution is 6.69. The first kappa shape index (κ1) is 40.0.